The zero-order valence-electron chi connectivity index (χ0n) is 17.6. The Labute approximate surface area is 183 Å². The van der Waals surface area contributed by atoms with Crippen molar-refractivity contribution in [2.24, 2.45) is 7.05 Å². The lowest BCUT2D eigenvalue weighted by molar-refractivity contribution is 0.101. The van der Waals surface area contributed by atoms with Gasteiger partial charge in [-0.15, -0.1) is 12.4 Å². The molecule has 4 rings (SSSR count). The predicted molar refractivity (Wildman–Crippen MR) is 120 cm³/mol. The monoisotopic (exact) mass is 426 g/mol. The number of hydrogen-bond donors (Lipinski definition) is 0. The number of halogens is 1. The number of hydrogen-bond acceptors (Lipinski definition) is 6. The van der Waals surface area contributed by atoms with Gasteiger partial charge in [0.1, 0.15) is 5.69 Å². The molecule has 0 N–H and O–H groups in total. The van der Waals surface area contributed by atoms with Crippen LogP contribution in [-0.4, -0.2) is 56.6 Å². The Morgan fingerprint density at radius 2 is 1.83 bits per heavy atom. The molecule has 1 aliphatic rings. The first-order valence-corrected chi connectivity index (χ1v) is 9.90. The fourth-order valence-corrected chi connectivity index (χ4v) is 3.81. The van der Waals surface area contributed by atoms with Crippen LogP contribution in [0.2, 0.25) is 0 Å². The van der Waals surface area contributed by atoms with Crippen LogP contribution < -0.4 is 4.90 Å². The number of ketones is 1. The number of carbonyl (C=O) groups is 1. The second-order valence-electron chi connectivity index (χ2n) is 7.54. The number of aryl methyl sites for hydroxylation is 2. The van der Waals surface area contributed by atoms with Crippen molar-refractivity contribution in [1.82, 2.24) is 24.6 Å². The highest BCUT2D eigenvalue weighted by atomic mass is 35.5. The average Bonchev–Trinajstić information content (AvgIpc) is 3.05. The normalized spacial score (nSPS) is 14.4. The van der Waals surface area contributed by atoms with Crippen LogP contribution in [0.4, 0.5) is 5.82 Å². The van der Waals surface area contributed by atoms with Crippen molar-refractivity contribution in [3.05, 3.63) is 59.7 Å². The summed E-state index contributed by atoms with van der Waals surface area (Å²) in [5, 5.41) is 4.44. The Bertz CT molecular complexity index is 1030. The standard InChI is InChI=1S/C22H26N6O.ClH/c1-16-20(14-26(3)25-16)15-27-9-11-28(12-10-27)22-21(23-7-8-24-22)19-6-4-5-18(13-19)17(2)29;/h4-8,13-14H,9-12,15H2,1-3H3;1H. The molecule has 1 fully saturated rings. The molecule has 0 unspecified atom stereocenters. The highest BCUT2D eigenvalue weighted by molar-refractivity contribution is 5.95. The Morgan fingerprint density at radius 3 is 2.50 bits per heavy atom. The minimum atomic E-state index is 0. The van der Waals surface area contributed by atoms with E-state index in [0.717, 1.165) is 55.5 Å². The SMILES string of the molecule is CC(=O)c1cccc(-c2nccnc2N2CCN(Cc3cn(C)nc3C)CC2)c1.Cl. The molecule has 0 amide bonds. The van der Waals surface area contributed by atoms with Gasteiger partial charge >= 0.3 is 0 Å². The van der Waals surface area contributed by atoms with Crippen molar-refractivity contribution in [1.29, 1.82) is 0 Å². The van der Waals surface area contributed by atoms with E-state index in [0.29, 0.717) is 5.56 Å². The molecule has 3 heterocycles. The summed E-state index contributed by atoms with van der Waals surface area (Å²) in [7, 11) is 1.96. The third-order valence-corrected chi connectivity index (χ3v) is 5.40. The van der Waals surface area contributed by atoms with Crippen molar-refractivity contribution in [3.8, 4) is 11.3 Å². The molecule has 1 aliphatic heterocycles. The first-order chi connectivity index (χ1) is 14.0. The van der Waals surface area contributed by atoms with Crippen LogP contribution in [0.15, 0.2) is 42.9 Å². The first kappa shape index (κ1) is 21.9. The van der Waals surface area contributed by atoms with Crippen LogP contribution >= 0.6 is 12.4 Å². The van der Waals surface area contributed by atoms with Gasteiger partial charge in [-0.05, 0) is 19.9 Å². The summed E-state index contributed by atoms with van der Waals surface area (Å²) in [6.45, 7) is 8.25. The lowest BCUT2D eigenvalue weighted by Gasteiger charge is -2.35. The van der Waals surface area contributed by atoms with E-state index in [1.165, 1.54) is 5.56 Å². The number of nitrogens with zero attached hydrogens (tertiary/aromatic N) is 6. The maximum atomic E-state index is 11.8. The number of piperazine rings is 1. The number of carbonyl (C=O) groups excluding carboxylic acids is 1. The zero-order chi connectivity index (χ0) is 20.4. The van der Waals surface area contributed by atoms with Gasteiger partial charge in [0.2, 0.25) is 0 Å². The summed E-state index contributed by atoms with van der Waals surface area (Å²) < 4.78 is 1.88. The second-order valence-corrected chi connectivity index (χ2v) is 7.54. The Balaban J connectivity index is 0.00000256. The van der Waals surface area contributed by atoms with E-state index in [1.54, 1.807) is 19.3 Å². The van der Waals surface area contributed by atoms with Crippen LogP contribution in [0.25, 0.3) is 11.3 Å². The van der Waals surface area contributed by atoms with Crippen molar-refractivity contribution >= 4 is 24.0 Å². The second kappa shape index (κ2) is 9.36. The van der Waals surface area contributed by atoms with Crippen molar-refractivity contribution in [3.63, 3.8) is 0 Å². The molecule has 0 aliphatic carbocycles. The molecule has 30 heavy (non-hydrogen) atoms. The summed E-state index contributed by atoms with van der Waals surface area (Å²) in [5.41, 5.74) is 4.82. The van der Waals surface area contributed by atoms with Crippen molar-refractivity contribution in [2.45, 2.75) is 20.4 Å². The number of aromatic nitrogens is 4. The smallest absolute Gasteiger partial charge is 0.159 e. The maximum absolute atomic E-state index is 11.8. The van der Waals surface area contributed by atoms with Crippen LogP contribution in [-0.2, 0) is 13.6 Å². The number of Topliss-reactive ketones (excluding diaryl/α,β-unsaturated/α-hetero) is 1. The zero-order valence-corrected chi connectivity index (χ0v) is 18.4. The molecule has 0 radical (unpaired) electrons. The van der Waals surface area contributed by atoms with Gasteiger partial charge in [-0.3, -0.25) is 19.4 Å². The van der Waals surface area contributed by atoms with E-state index in [2.05, 4.69) is 38.0 Å². The lowest BCUT2D eigenvalue weighted by atomic mass is 10.1. The van der Waals surface area contributed by atoms with Gasteiger partial charge in [-0.1, -0.05) is 18.2 Å². The molecule has 1 saturated heterocycles. The summed E-state index contributed by atoms with van der Waals surface area (Å²) in [6.07, 6.45) is 5.55. The molecule has 158 valence electrons. The van der Waals surface area contributed by atoms with Gasteiger partial charge in [0, 0.05) is 75.1 Å². The maximum Gasteiger partial charge on any atom is 0.159 e. The number of benzene rings is 1. The van der Waals surface area contributed by atoms with Crippen molar-refractivity contribution in [2.75, 3.05) is 31.1 Å². The summed E-state index contributed by atoms with van der Waals surface area (Å²) in [4.78, 5) is 25.7. The van der Waals surface area contributed by atoms with Crippen molar-refractivity contribution < 1.29 is 4.79 Å². The highest BCUT2D eigenvalue weighted by Crippen LogP contribution is 2.28. The van der Waals surface area contributed by atoms with E-state index in [9.17, 15) is 4.79 Å². The average molecular weight is 427 g/mol. The molecule has 0 spiro atoms. The van der Waals surface area contributed by atoms with Gasteiger partial charge in [0.15, 0.2) is 11.6 Å². The Morgan fingerprint density at radius 1 is 1.10 bits per heavy atom. The molecule has 3 aromatic rings. The molecular formula is C22H27ClN6O. The predicted octanol–water partition coefficient (Wildman–Crippen LogP) is 3.13. The molecule has 0 bridgehead atoms. The van der Waals surface area contributed by atoms with Gasteiger partial charge in [-0.2, -0.15) is 5.10 Å². The van der Waals surface area contributed by atoms with E-state index in [1.807, 2.05) is 36.0 Å². The minimum Gasteiger partial charge on any atom is -0.352 e. The van der Waals surface area contributed by atoms with Crippen LogP contribution in [0.5, 0.6) is 0 Å². The van der Waals surface area contributed by atoms with Gasteiger partial charge in [0.25, 0.3) is 0 Å². The van der Waals surface area contributed by atoms with Crippen LogP contribution in [0, 0.1) is 6.92 Å². The van der Waals surface area contributed by atoms with E-state index in [-0.39, 0.29) is 18.2 Å². The highest BCUT2D eigenvalue weighted by Gasteiger charge is 2.22. The Hall–Kier alpha value is -2.77. The van der Waals surface area contributed by atoms with Gasteiger partial charge in [0.05, 0.1) is 5.69 Å². The molecule has 7 nitrogen and oxygen atoms in total. The molecule has 2 aromatic heterocycles. The van der Waals surface area contributed by atoms with Gasteiger partial charge in [-0.25, -0.2) is 4.98 Å². The van der Waals surface area contributed by atoms with E-state index < -0.39 is 0 Å². The fraction of sp³-hybridized carbons (Fsp3) is 0.364. The van der Waals surface area contributed by atoms with Gasteiger partial charge < -0.3 is 4.90 Å². The van der Waals surface area contributed by atoms with Crippen LogP contribution in [0.3, 0.4) is 0 Å². The largest absolute Gasteiger partial charge is 0.352 e. The summed E-state index contributed by atoms with van der Waals surface area (Å²) in [6, 6.07) is 7.62. The summed E-state index contributed by atoms with van der Waals surface area (Å²) in [5.74, 6) is 0.932. The third-order valence-electron chi connectivity index (χ3n) is 5.40. The molecule has 0 saturated carbocycles. The number of rotatable bonds is 5. The van der Waals surface area contributed by atoms with E-state index >= 15 is 0 Å². The quantitative estimate of drug-likeness (QED) is 0.584. The topological polar surface area (TPSA) is 67.2 Å². The minimum absolute atomic E-state index is 0. The fourth-order valence-electron chi connectivity index (χ4n) is 3.81. The van der Waals surface area contributed by atoms with Crippen LogP contribution in [0.1, 0.15) is 28.5 Å². The molecule has 0 atom stereocenters. The third kappa shape index (κ3) is 4.68. The molecule has 8 heteroatoms. The van der Waals surface area contributed by atoms with E-state index in [4.69, 9.17) is 0 Å². The number of anilines is 1. The lowest BCUT2D eigenvalue weighted by Crippen LogP contribution is -2.46. The first-order valence-electron chi connectivity index (χ1n) is 9.90. The summed E-state index contributed by atoms with van der Waals surface area (Å²) >= 11 is 0. The molecular weight excluding hydrogens is 400 g/mol. The Kier molecular flexibility index (Phi) is 6.84. The molecule has 1 aromatic carbocycles.